The number of para-hydroxylation sites is 1. The average molecular weight is 430 g/mol. The standard InChI is InChI=1S/C21H23N3O3S2/c1-3-15(2)18-11-7-8-12-19(18)23-20(25)13-16-14-28-21(22-16)24-29(26,27)17-9-5-4-6-10-17/h4-12,14-15H,3,13H2,1-2H3,(H,22,24)(H,23,25). The highest BCUT2D eigenvalue weighted by Gasteiger charge is 2.17. The number of sulfonamides is 1. The Morgan fingerprint density at radius 3 is 2.52 bits per heavy atom. The Hall–Kier alpha value is -2.71. The van der Waals surface area contributed by atoms with Gasteiger partial charge in [0.15, 0.2) is 5.13 Å². The molecule has 1 heterocycles. The molecule has 0 aliphatic carbocycles. The third-order valence-electron chi connectivity index (χ3n) is 4.55. The number of anilines is 2. The summed E-state index contributed by atoms with van der Waals surface area (Å²) in [6.07, 6.45) is 1.04. The molecule has 0 spiro atoms. The summed E-state index contributed by atoms with van der Waals surface area (Å²) in [6, 6.07) is 15.8. The van der Waals surface area contributed by atoms with Gasteiger partial charge in [-0.1, -0.05) is 50.2 Å². The number of thiazole rings is 1. The molecular formula is C21H23N3O3S2. The van der Waals surface area contributed by atoms with Crippen LogP contribution in [-0.2, 0) is 21.2 Å². The van der Waals surface area contributed by atoms with Crippen molar-refractivity contribution in [1.29, 1.82) is 0 Å². The number of aromatic nitrogens is 1. The average Bonchev–Trinajstić information content (AvgIpc) is 3.14. The van der Waals surface area contributed by atoms with Crippen LogP contribution < -0.4 is 10.0 Å². The molecule has 3 aromatic rings. The number of hydrogen-bond donors (Lipinski definition) is 2. The molecule has 0 fully saturated rings. The monoisotopic (exact) mass is 429 g/mol. The molecular weight excluding hydrogens is 406 g/mol. The minimum Gasteiger partial charge on any atom is -0.325 e. The van der Waals surface area contributed by atoms with E-state index in [1.54, 1.807) is 23.6 Å². The molecule has 0 saturated carbocycles. The van der Waals surface area contributed by atoms with Gasteiger partial charge in [-0.3, -0.25) is 9.52 Å². The highest BCUT2D eigenvalue weighted by molar-refractivity contribution is 7.93. The van der Waals surface area contributed by atoms with Gasteiger partial charge in [0.2, 0.25) is 5.91 Å². The van der Waals surface area contributed by atoms with Crippen molar-refractivity contribution in [2.75, 3.05) is 10.0 Å². The summed E-state index contributed by atoms with van der Waals surface area (Å²) < 4.78 is 27.2. The second-order valence-electron chi connectivity index (χ2n) is 6.68. The van der Waals surface area contributed by atoms with Gasteiger partial charge < -0.3 is 5.32 Å². The van der Waals surface area contributed by atoms with Crippen molar-refractivity contribution in [3.8, 4) is 0 Å². The smallest absolute Gasteiger partial charge is 0.263 e. The lowest BCUT2D eigenvalue weighted by Crippen LogP contribution is -2.16. The molecule has 1 unspecified atom stereocenters. The number of nitrogens with zero attached hydrogens (tertiary/aromatic N) is 1. The van der Waals surface area contributed by atoms with Crippen LogP contribution in [0.3, 0.4) is 0 Å². The van der Waals surface area contributed by atoms with Crippen molar-refractivity contribution in [2.24, 2.45) is 0 Å². The summed E-state index contributed by atoms with van der Waals surface area (Å²) in [5.74, 6) is 0.147. The van der Waals surface area contributed by atoms with Gasteiger partial charge in [0.25, 0.3) is 10.0 Å². The van der Waals surface area contributed by atoms with Crippen LogP contribution in [0.5, 0.6) is 0 Å². The fourth-order valence-electron chi connectivity index (χ4n) is 2.83. The second kappa shape index (κ2) is 9.19. The molecule has 1 amide bonds. The first-order valence-corrected chi connectivity index (χ1v) is 11.7. The zero-order valence-corrected chi connectivity index (χ0v) is 17.9. The van der Waals surface area contributed by atoms with Gasteiger partial charge in [-0.15, -0.1) is 11.3 Å². The number of carbonyl (C=O) groups is 1. The molecule has 2 aromatic carbocycles. The molecule has 8 heteroatoms. The van der Waals surface area contributed by atoms with Gasteiger partial charge in [0.1, 0.15) is 0 Å². The van der Waals surface area contributed by atoms with Crippen LogP contribution in [0.15, 0.2) is 64.9 Å². The van der Waals surface area contributed by atoms with E-state index in [0.29, 0.717) is 11.6 Å². The largest absolute Gasteiger partial charge is 0.325 e. The molecule has 0 bridgehead atoms. The second-order valence-corrected chi connectivity index (χ2v) is 9.22. The Bertz CT molecular complexity index is 1080. The summed E-state index contributed by atoms with van der Waals surface area (Å²) in [5, 5.41) is 4.86. The molecule has 152 valence electrons. The molecule has 0 aliphatic rings. The van der Waals surface area contributed by atoms with Gasteiger partial charge in [-0.2, -0.15) is 0 Å². The Balaban J connectivity index is 1.66. The number of benzene rings is 2. The molecule has 0 saturated heterocycles. The Morgan fingerprint density at radius 1 is 1.10 bits per heavy atom. The number of amides is 1. The van der Waals surface area contributed by atoms with Crippen LogP contribution in [0.25, 0.3) is 0 Å². The Kier molecular flexibility index (Phi) is 6.66. The Labute approximate surface area is 175 Å². The minimum atomic E-state index is -3.70. The maximum Gasteiger partial charge on any atom is 0.263 e. The van der Waals surface area contributed by atoms with E-state index >= 15 is 0 Å². The van der Waals surface area contributed by atoms with Crippen LogP contribution in [0, 0.1) is 0 Å². The normalized spacial score (nSPS) is 12.3. The van der Waals surface area contributed by atoms with Gasteiger partial charge in [0.05, 0.1) is 17.0 Å². The lowest BCUT2D eigenvalue weighted by Gasteiger charge is -2.15. The predicted molar refractivity (Wildman–Crippen MR) is 117 cm³/mol. The van der Waals surface area contributed by atoms with E-state index in [1.807, 2.05) is 24.3 Å². The van der Waals surface area contributed by atoms with E-state index in [0.717, 1.165) is 29.0 Å². The topological polar surface area (TPSA) is 88.2 Å². The van der Waals surface area contributed by atoms with Crippen LogP contribution >= 0.6 is 11.3 Å². The summed E-state index contributed by atoms with van der Waals surface area (Å²) in [6.45, 7) is 4.23. The third-order valence-corrected chi connectivity index (χ3v) is 6.84. The predicted octanol–water partition coefficient (Wildman–Crippen LogP) is 4.64. The van der Waals surface area contributed by atoms with E-state index < -0.39 is 10.0 Å². The summed E-state index contributed by atoms with van der Waals surface area (Å²) in [5.41, 5.74) is 2.41. The summed E-state index contributed by atoms with van der Waals surface area (Å²) in [4.78, 5) is 16.9. The van der Waals surface area contributed by atoms with Gasteiger partial charge >= 0.3 is 0 Å². The zero-order valence-electron chi connectivity index (χ0n) is 16.3. The molecule has 6 nitrogen and oxygen atoms in total. The van der Waals surface area contributed by atoms with Crippen molar-refractivity contribution in [2.45, 2.75) is 37.5 Å². The first-order chi connectivity index (χ1) is 13.9. The van der Waals surface area contributed by atoms with E-state index in [9.17, 15) is 13.2 Å². The van der Waals surface area contributed by atoms with E-state index in [2.05, 4.69) is 28.9 Å². The first kappa shape index (κ1) is 21.0. The maximum absolute atomic E-state index is 12.5. The van der Waals surface area contributed by atoms with Gasteiger partial charge in [-0.25, -0.2) is 13.4 Å². The van der Waals surface area contributed by atoms with Crippen molar-refractivity contribution in [3.63, 3.8) is 0 Å². The van der Waals surface area contributed by atoms with Crippen LogP contribution in [0.4, 0.5) is 10.8 Å². The highest BCUT2D eigenvalue weighted by Crippen LogP contribution is 2.27. The van der Waals surface area contributed by atoms with Crippen molar-refractivity contribution >= 4 is 38.1 Å². The minimum absolute atomic E-state index is 0.0679. The van der Waals surface area contributed by atoms with Crippen LogP contribution in [0.1, 0.15) is 37.4 Å². The molecule has 0 radical (unpaired) electrons. The van der Waals surface area contributed by atoms with Crippen molar-refractivity contribution in [1.82, 2.24) is 4.98 Å². The van der Waals surface area contributed by atoms with E-state index in [-0.39, 0.29) is 22.4 Å². The van der Waals surface area contributed by atoms with E-state index in [4.69, 9.17) is 0 Å². The fourth-order valence-corrected chi connectivity index (χ4v) is 4.81. The highest BCUT2D eigenvalue weighted by atomic mass is 32.2. The molecule has 3 rings (SSSR count). The molecule has 0 aliphatic heterocycles. The molecule has 1 aromatic heterocycles. The molecule has 29 heavy (non-hydrogen) atoms. The number of carbonyl (C=O) groups excluding carboxylic acids is 1. The summed E-state index contributed by atoms with van der Waals surface area (Å²) >= 11 is 1.15. The van der Waals surface area contributed by atoms with Gasteiger partial charge in [0, 0.05) is 11.1 Å². The number of hydrogen-bond acceptors (Lipinski definition) is 5. The quantitative estimate of drug-likeness (QED) is 0.546. The van der Waals surface area contributed by atoms with E-state index in [1.165, 1.54) is 12.1 Å². The number of nitrogens with one attached hydrogen (secondary N) is 2. The van der Waals surface area contributed by atoms with Crippen LogP contribution in [0.2, 0.25) is 0 Å². The van der Waals surface area contributed by atoms with Gasteiger partial charge in [-0.05, 0) is 36.1 Å². The van der Waals surface area contributed by atoms with Crippen molar-refractivity contribution < 1.29 is 13.2 Å². The number of rotatable bonds is 8. The zero-order chi connectivity index (χ0) is 20.9. The van der Waals surface area contributed by atoms with Crippen LogP contribution in [-0.4, -0.2) is 19.3 Å². The fraction of sp³-hybridized carbons (Fsp3) is 0.238. The first-order valence-electron chi connectivity index (χ1n) is 9.30. The maximum atomic E-state index is 12.5. The molecule has 2 N–H and O–H groups in total. The summed E-state index contributed by atoms with van der Waals surface area (Å²) in [7, 11) is -3.70. The Morgan fingerprint density at radius 2 is 1.79 bits per heavy atom. The molecule has 1 atom stereocenters. The lowest BCUT2D eigenvalue weighted by molar-refractivity contribution is -0.115. The lowest BCUT2D eigenvalue weighted by atomic mass is 9.97. The SMILES string of the molecule is CCC(C)c1ccccc1NC(=O)Cc1csc(NS(=O)(=O)c2ccccc2)n1. The van der Waals surface area contributed by atoms with Crippen molar-refractivity contribution in [3.05, 3.63) is 71.2 Å². The third kappa shape index (κ3) is 5.42.